The highest BCUT2D eigenvalue weighted by molar-refractivity contribution is 14.0. The Labute approximate surface area is 189 Å². The molecule has 0 amide bonds. The molecule has 28 heavy (non-hydrogen) atoms. The molecule has 2 heterocycles. The van der Waals surface area contributed by atoms with Gasteiger partial charge >= 0.3 is 0 Å². The predicted octanol–water partition coefficient (Wildman–Crippen LogP) is 3.83. The molecule has 3 N–H and O–H groups in total. The van der Waals surface area contributed by atoms with Crippen LogP contribution in [0.1, 0.15) is 30.9 Å². The first-order valence-electron chi connectivity index (χ1n) is 9.79. The van der Waals surface area contributed by atoms with E-state index in [4.69, 9.17) is 4.99 Å². The molecule has 0 radical (unpaired) electrons. The maximum absolute atomic E-state index is 9.56. The number of phenolic OH excluding ortho intramolecular Hbond substituents is 1. The van der Waals surface area contributed by atoms with Crippen LogP contribution >= 0.6 is 35.3 Å². The van der Waals surface area contributed by atoms with E-state index in [0.717, 1.165) is 57.0 Å². The lowest BCUT2D eigenvalue weighted by atomic mass is 10.0. The summed E-state index contributed by atoms with van der Waals surface area (Å²) in [6.45, 7) is 6.96. The van der Waals surface area contributed by atoms with E-state index in [1.165, 1.54) is 5.56 Å². The number of piperidine rings is 1. The number of halogens is 1. The third kappa shape index (κ3) is 7.60. The first kappa shape index (κ1) is 23.0. The van der Waals surface area contributed by atoms with Crippen LogP contribution in [0.3, 0.4) is 0 Å². The fraction of sp³-hybridized carbons (Fsp3) is 0.476. The fourth-order valence-corrected chi connectivity index (χ4v) is 4.06. The van der Waals surface area contributed by atoms with E-state index in [0.29, 0.717) is 18.3 Å². The number of likely N-dealkylation sites (tertiary alicyclic amines) is 1. The molecular weight excluding hydrogens is 483 g/mol. The Bertz CT molecular complexity index is 715. The summed E-state index contributed by atoms with van der Waals surface area (Å²) in [4.78, 5) is 7.25. The lowest BCUT2D eigenvalue weighted by Crippen LogP contribution is -2.48. The van der Waals surface area contributed by atoms with Gasteiger partial charge in [0, 0.05) is 38.8 Å². The van der Waals surface area contributed by atoms with Crippen molar-refractivity contribution in [2.24, 2.45) is 4.99 Å². The highest BCUT2D eigenvalue weighted by atomic mass is 127. The van der Waals surface area contributed by atoms with Crippen LogP contribution in [0.25, 0.3) is 0 Å². The van der Waals surface area contributed by atoms with E-state index < -0.39 is 0 Å². The van der Waals surface area contributed by atoms with Crippen LogP contribution in [0, 0.1) is 0 Å². The highest BCUT2D eigenvalue weighted by Gasteiger charge is 2.20. The van der Waals surface area contributed by atoms with Crippen molar-refractivity contribution in [1.29, 1.82) is 0 Å². The molecule has 0 aliphatic carbocycles. The molecule has 1 aliphatic rings. The van der Waals surface area contributed by atoms with E-state index in [1.54, 1.807) is 23.5 Å². The van der Waals surface area contributed by atoms with Crippen molar-refractivity contribution in [3.63, 3.8) is 0 Å². The minimum Gasteiger partial charge on any atom is -0.508 e. The monoisotopic (exact) mass is 514 g/mol. The van der Waals surface area contributed by atoms with Crippen LogP contribution < -0.4 is 10.6 Å². The molecule has 5 nitrogen and oxygen atoms in total. The summed E-state index contributed by atoms with van der Waals surface area (Å²) in [5.41, 5.74) is 2.53. The van der Waals surface area contributed by atoms with Crippen LogP contribution in [0.15, 0.2) is 46.1 Å². The number of phenols is 1. The van der Waals surface area contributed by atoms with Crippen molar-refractivity contribution in [3.05, 3.63) is 52.2 Å². The van der Waals surface area contributed by atoms with Crippen molar-refractivity contribution in [2.75, 3.05) is 26.2 Å². The normalized spacial score (nSPS) is 15.8. The maximum atomic E-state index is 9.56. The van der Waals surface area contributed by atoms with Gasteiger partial charge in [0.1, 0.15) is 5.75 Å². The second kappa shape index (κ2) is 12.3. The predicted molar refractivity (Wildman–Crippen MR) is 129 cm³/mol. The van der Waals surface area contributed by atoms with Gasteiger partial charge in [0.2, 0.25) is 0 Å². The molecule has 0 unspecified atom stereocenters. The van der Waals surface area contributed by atoms with Crippen LogP contribution in [0.4, 0.5) is 0 Å². The Hall–Kier alpha value is -1.32. The molecule has 7 heteroatoms. The number of aliphatic imine (C=N–C) groups is 1. The van der Waals surface area contributed by atoms with Gasteiger partial charge < -0.3 is 15.7 Å². The lowest BCUT2D eigenvalue weighted by molar-refractivity contribution is 0.198. The number of aromatic hydroxyl groups is 1. The van der Waals surface area contributed by atoms with Gasteiger partial charge in [0.05, 0.1) is 0 Å². The Kier molecular flexibility index (Phi) is 10.1. The molecular formula is C21H31IN4OS. The van der Waals surface area contributed by atoms with E-state index in [9.17, 15) is 5.11 Å². The van der Waals surface area contributed by atoms with E-state index >= 15 is 0 Å². The molecule has 1 aromatic carbocycles. The maximum Gasteiger partial charge on any atom is 0.191 e. The van der Waals surface area contributed by atoms with Gasteiger partial charge in [-0.3, -0.25) is 9.89 Å². The summed E-state index contributed by atoms with van der Waals surface area (Å²) in [6, 6.07) is 10.1. The second-order valence-corrected chi connectivity index (χ2v) is 7.79. The molecule has 1 saturated heterocycles. The Morgan fingerprint density at radius 1 is 1.25 bits per heavy atom. The summed E-state index contributed by atoms with van der Waals surface area (Å²) in [5, 5.41) is 20.9. The molecule has 3 rings (SSSR count). The van der Waals surface area contributed by atoms with Crippen molar-refractivity contribution in [3.8, 4) is 5.75 Å². The zero-order chi connectivity index (χ0) is 18.9. The summed E-state index contributed by atoms with van der Waals surface area (Å²) < 4.78 is 0. The van der Waals surface area contributed by atoms with Gasteiger partial charge in [-0.2, -0.15) is 11.3 Å². The van der Waals surface area contributed by atoms with Crippen molar-refractivity contribution < 1.29 is 5.11 Å². The molecule has 1 fully saturated rings. The van der Waals surface area contributed by atoms with E-state index in [-0.39, 0.29) is 24.0 Å². The Morgan fingerprint density at radius 2 is 2.07 bits per heavy atom. The number of guanidine groups is 1. The number of nitrogens with zero attached hydrogens (tertiary/aromatic N) is 2. The summed E-state index contributed by atoms with van der Waals surface area (Å²) in [5.74, 6) is 1.21. The molecule has 1 aromatic heterocycles. The Balaban J connectivity index is 0.00000280. The summed E-state index contributed by atoms with van der Waals surface area (Å²) in [7, 11) is 0. The smallest absolute Gasteiger partial charge is 0.191 e. The Morgan fingerprint density at radius 3 is 2.75 bits per heavy atom. The van der Waals surface area contributed by atoms with Crippen LogP contribution in [0.2, 0.25) is 0 Å². The fourth-order valence-electron chi connectivity index (χ4n) is 3.40. The first-order chi connectivity index (χ1) is 13.2. The quantitative estimate of drug-likeness (QED) is 0.299. The standard InChI is InChI=1S/C21H30N4OS.HI/c1-2-22-21(23-10-6-17-4-3-5-20(26)14-17)24-19-7-11-25(12-8-19)15-18-9-13-27-16-18;/h3-5,9,13-14,16,19,26H,2,6-8,10-12,15H2,1H3,(H2,22,23,24);1H. The van der Waals surface area contributed by atoms with E-state index in [2.05, 4.69) is 39.3 Å². The van der Waals surface area contributed by atoms with Crippen molar-refractivity contribution >= 4 is 41.3 Å². The molecule has 2 aromatic rings. The largest absolute Gasteiger partial charge is 0.508 e. The minimum atomic E-state index is 0. The van der Waals surface area contributed by atoms with Gasteiger partial charge in [-0.05, 0) is 66.3 Å². The highest BCUT2D eigenvalue weighted by Crippen LogP contribution is 2.15. The number of hydrogen-bond donors (Lipinski definition) is 3. The first-order valence-corrected chi connectivity index (χ1v) is 10.7. The molecule has 0 bridgehead atoms. The molecule has 0 atom stereocenters. The van der Waals surface area contributed by atoms with Crippen LogP contribution in [-0.4, -0.2) is 48.2 Å². The zero-order valence-corrected chi connectivity index (χ0v) is 19.6. The molecule has 0 spiro atoms. The van der Waals surface area contributed by atoms with Gasteiger partial charge in [0.25, 0.3) is 0 Å². The summed E-state index contributed by atoms with van der Waals surface area (Å²) >= 11 is 1.77. The van der Waals surface area contributed by atoms with Crippen molar-refractivity contribution in [2.45, 2.75) is 38.8 Å². The second-order valence-electron chi connectivity index (χ2n) is 7.01. The number of hydrogen-bond acceptors (Lipinski definition) is 4. The van der Waals surface area contributed by atoms with Gasteiger partial charge in [-0.15, -0.1) is 24.0 Å². The van der Waals surface area contributed by atoms with E-state index in [1.807, 2.05) is 12.1 Å². The number of benzene rings is 1. The third-order valence-electron chi connectivity index (χ3n) is 4.84. The summed E-state index contributed by atoms with van der Waals surface area (Å²) in [6.07, 6.45) is 3.10. The molecule has 154 valence electrons. The molecule has 0 saturated carbocycles. The topological polar surface area (TPSA) is 59.9 Å². The number of rotatable bonds is 7. The minimum absolute atomic E-state index is 0. The zero-order valence-electron chi connectivity index (χ0n) is 16.4. The van der Waals surface area contributed by atoms with Gasteiger partial charge in [-0.1, -0.05) is 12.1 Å². The van der Waals surface area contributed by atoms with Crippen LogP contribution in [-0.2, 0) is 13.0 Å². The van der Waals surface area contributed by atoms with Crippen molar-refractivity contribution in [1.82, 2.24) is 15.5 Å². The average Bonchev–Trinajstić information content (AvgIpc) is 3.17. The molecule has 1 aliphatic heterocycles. The lowest BCUT2D eigenvalue weighted by Gasteiger charge is -2.33. The van der Waals surface area contributed by atoms with Crippen LogP contribution in [0.5, 0.6) is 5.75 Å². The number of thiophene rings is 1. The SMILES string of the molecule is CCNC(=NCCc1cccc(O)c1)NC1CCN(Cc2ccsc2)CC1.I. The average molecular weight is 514 g/mol. The number of nitrogens with one attached hydrogen (secondary N) is 2. The third-order valence-corrected chi connectivity index (χ3v) is 5.57. The van der Waals surface area contributed by atoms with Gasteiger partial charge in [-0.25, -0.2) is 0 Å². The van der Waals surface area contributed by atoms with Gasteiger partial charge in [0.15, 0.2) is 5.96 Å².